The minimum absolute atomic E-state index is 0.101. The first-order valence-electron chi connectivity index (χ1n) is 4.04. The molecule has 1 aromatic rings. The maximum atomic E-state index is 13.2. The Balaban J connectivity index is 3.07. The summed E-state index contributed by atoms with van der Waals surface area (Å²) in [5.41, 5.74) is 10.9. The Morgan fingerprint density at radius 1 is 1.57 bits per heavy atom. The summed E-state index contributed by atoms with van der Waals surface area (Å²) in [5.74, 6) is -1.81. The highest BCUT2D eigenvalue weighted by atomic mass is 19.1. The van der Waals surface area contributed by atoms with Crippen LogP contribution in [0.3, 0.4) is 0 Å². The molecule has 0 amide bonds. The van der Waals surface area contributed by atoms with Crippen molar-refractivity contribution >= 4 is 5.97 Å². The van der Waals surface area contributed by atoms with Crippen molar-refractivity contribution in [2.24, 2.45) is 11.5 Å². The summed E-state index contributed by atoms with van der Waals surface area (Å²) in [6.07, 6.45) is 0. The fraction of sp³-hybridized carbons (Fsp3) is 0.222. The second-order valence-corrected chi connectivity index (χ2v) is 2.88. The van der Waals surface area contributed by atoms with Gasteiger partial charge in [-0.15, -0.1) is 0 Å². The van der Waals surface area contributed by atoms with Gasteiger partial charge in [-0.25, -0.2) is 9.18 Å². The Hall–Kier alpha value is -1.46. The SMILES string of the molecule is NC[C@@H](N)c1ccc(C(=O)O)cc1F. The quantitative estimate of drug-likeness (QED) is 0.659. The predicted octanol–water partition coefficient (Wildman–Crippen LogP) is 0.482. The first kappa shape index (κ1) is 10.6. The second kappa shape index (κ2) is 4.17. The van der Waals surface area contributed by atoms with Crippen LogP contribution in [0.25, 0.3) is 0 Å². The molecule has 14 heavy (non-hydrogen) atoms. The third-order valence-corrected chi connectivity index (χ3v) is 1.90. The van der Waals surface area contributed by atoms with Crippen LogP contribution in [-0.2, 0) is 0 Å². The molecule has 1 aromatic carbocycles. The lowest BCUT2D eigenvalue weighted by Crippen LogP contribution is -2.22. The number of aromatic carboxylic acids is 1. The van der Waals surface area contributed by atoms with E-state index in [1.165, 1.54) is 12.1 Å². The van der Waals surface area contributed by atoms with E-state index in [1.807, 2.05) is 0 Å². The van der Waals surface area contributed by atoms with E-state index in [0.29, 0.717) is 0 Å². The van der Waals surface area contributed by atoms with Gasteiger partial charge < -0.3 is 16.6 Å². The third-order valence-electron chi connectivity index (χ3n) is 1.90. The Morgan fingerprint density at radius 2 is 2.21 bits per heavy atom. The molecule has 0 fully saturated rings. The van der Waals surface area contributed by atoms with Gasteiger partial charge >= 0.3 is 5.97 Å². The van der Waals surface area contributed by atoms with E-state index in [0.717, 1.165) is 6.07 Å². The van der Waals surface area contributed by atoms with Crippen molar-refractivity contribution in [3.8, 4) is 0 Å². The van der Waals surface area contributed by atoms with Crippen LogP contribution in [0, 0.1) is 5.82 Å². The lowest BCUT2D eigenvalue weighted by atomic mass is 10.0. The summed E-state index contributed by atoms with van der Waals surface area (Å²) in [6, 6.07) is 2.98. The van der Waals surface area contributed by atoms with Crippen molar-refractivity contribution in [3.05, 3.63) is 35.1 Å². The molecule has 0 saturated heterocycles. The number of hydrogen-bond acceptors (Lipinski definition) is 3. The highest BCUT2D eigenvalue weighted by Gasteiger charge is 2.12. The average Bonchev–Trinajstić information content (AvgIpc) is 2.16. The molecule has 0 saturated carbocycles. The van der Waals surface area contributed by atoms with E-state index in [2.05, 4.69) is 0 Å². The fourth-order valence-electron chi connectivity index (χ4n) is 1.09. The molecule has 1 atom stereocenters. The van der Waals surface area contributed by atoms with Gasteiger partial charge in [-0.3, -0.25) is 0 Å². The summed E-state index contributed by atoms with van der Waals surface area (Å²) in [6.45, 7) is 0.114. The molecular formula is C9H11FN2O2. The van der Waals surface area contributed by atoms with Crippen molar-refractivity contribution in [1.29, 1.82) is 0 Å². The van der Waals surface area contributed by atoms with Crippen LogP contribution in [0.1, 0.15) is 22.0 Å². The Morgan fingerprint density at radius 3 is 2.64 bits per heavy atom. The Bertz CT molecular complexity index is 355. The molecule has 5 N–H and O–H groups in total. The highest BCUT2D eigenvalue weighted by Crippen LogP contribution is 2.15. The van der Waals surface area contributed by atoms with Crippen molar-refractivity contribution in [3.63, 3.8) is 0 Å². The van der Waals surface area contributed by atoms with Gasteiger partial charge in [0.1, 0.15) is 5.82 Å². The Kier molecular flexibility index (Phi) is 3.16. The molecule has 0 aliphatic heterocycles. The highest BCUT2D eigenvalue weighted by molar-refractivity contribution is 5.87. The van der Waals surface area contributed by atoms with Crippen LogP contribution in [0.5, 0.6) is 0 Å². The number of rotatable bonds is 3. The van der Waals surface area contributed by atoms with Crippen molar-refractivity contribution in [1.82, 2.24) is 0 Å². The minimum atomic E-state index is -1.17. The second-order valence-electron chi connectivity index (χ2n) is 2.88. The molecule has 0 aromatic heterocycles. The summed E-state index contributed by atoms with van der Waals surface area (Å²) >= 11 is 0. The number of nitrogens with two attached hydrogens (primary N) is 2. The lowest BCUT2D eigenvalue weighted by Gasteiger charge is -2.10. The fourth-order valence-corrected chi connectivity index (χ4v) is 1.09. The van der Waals surface area contributed by atoms with Crippen LogP contribution in [0.2, 0.25) is 0 Å². The molecule has 4 nitrogen and oxygen atoms in total. The number of benzene rings is 1. The number of carbonyl (C=O) groups is 1. The van der Waals surface area contributed by atoms with Gasteiger partial charge in [-0.05, 0) is 12.1 Å². The van der Waals surface area contributed by atoms with Gasteiger partial charge in [0, 0.05) is 18.2 Å². The molecule has 0 spiro atoms. The number of carboxylic acid groups (broad SMARTS) is 1. The molecule has 0 unspecified atom stereocenters. The molecule has 76 valence electrons. The smallest absolute Gasteiger partial charge is 0.335 e. The standard InChI is InChI=1S/C9H11FN2O2/c10-7-3-5(9(13)14)1-2-6(7)8(12)4-11/h1-3,8H,4,11-12H2,(H,13,14)/t8-/m1/s1. The molecule has 0 aliphatic carbocycles. The maximum absolute atomic E-state index is 13.2. The first-order chi connectivity index (χ1) is 6.56. The zero-order valence-corrected chi connectivity index (χ0v) is 7.40. The van der Waals surface area contributed by atoms with Gasteiger partial charge in [0.25, 0.3) is 0 Å². The summed E-state index contributed by atoms with van der Waals surface area (Å²) in [7, 11) is 0. The van der Waals surface area contributed by atoms with Crippen molar-refractivity contribution < 1.29 is 14.3 Å². The molecular weight excluding hydrogens is 187 g/mol. The van der Waals surface area contributed by atoms with Crippen molar-refractivity contribution in [2.75, 3.05) is 6.54 Å². The van der Waals surface area contributed by atoms with Gasteiger partial charge in [0.15, 0.2) is 0 Å². The number of hydrogen-bond donors (Lipinski definition) is 3. The van der Waals surface area contributed by atoms with Gasteiger partial charge in [-0.2, -0.15) is 0 Å². The average molecular weight is 198 g/mol. The maximum Gasteiger partial charge on any atom is 0.335 e. The van der Waals surface area contributed by atoms with Crippen LogP contribution in [0.15, 0.2) is 18.2 Å². The largest absolute Gasteiger partial charge is 0.478 e. The van der Waals surface area contributed by atoms with E-state index in [4.69, 9.17) is 16.6 Å². The topological polar surface area (TPSA) is 89.3 Å². The van der Waals surface area contributed by atoms with E-state index < -0.39 is 17.8 Å². The summed E-state index contributed by atoms with van der Waals surface area (Å²) in [4.78, 5) is 10.5. The summed E-state index contributed by atoms with van der Waals surface area (Å²) in [5, 5.41) is 8.57. The molecule has 1 rings (SSSR count). The zero-order valence-electron chi connectivity index (χ0n) is 7.40. The van der Waals surface area contributed by atoms with Gasteiger partial charge in [0.05, 0.1) is 5.56 Å². The van der Waals surface area contributed by atoms with E-state index in [-0.39, 0.29) is 17.7 Å². The minimum Gasteiger partial charge on any atom is -0.478 e. The zero-order chi connectivity index (χ0) is 10.7. The molecule has 0 aliphatic rings. The molecule has 0 radical (unpaired) electrons. The normalized spacial score (nSPS) is 12.5. The lowest BCUT2D eigenvalue weighted by molar-refractivity contribution is 0.0696. The van der Waals surface area contributed by atoms with Crippen molar-refractivity contribution in [2.45, 2.75) is 6.04 Å². The number of carboxylic acids is 1. The number of halogens is 1. The molecule has 0 bridgehead atoms. The predicted molar refractivity (Wildman–Crippen MR) is 49.3 cm³/mol. The first-order valence-corrected chi connectivity index (χ1v) is 4.04. The van der Waals surface area contributed by atoms with Crippen LogP contribution < -0.4 is 11.5 Å². The van der Waals surface area contributed by atoms with E-state index >= 15 is 0 Å². The van der Waals surface area contributed by atoms with Gasteiger partial charge in [-0.1, -0.05) is 6.07 Å². The van der Waals surface area contributed by atoms with E-state index in [1.54, 1.807) is 0 Å². The van der Waals surface area contributed by atoms with Crippen LogP contribution in [-0.4, -0.2) is 17.6 Å². The van der Waals surface area contributed by atoms with Crippen LogP contribution in [0.4, 0.5) is 4.39 Å². The van der Waals surface area contributed by atoms with E-state index in [9.17, 15) is 9.18 Å². The summed E-state index contributed by atoms with van der Waals surface area (Å²) < 4.78 is 13.2. The third kappa shape index (κ3) is 2.07. The van der Waals surface area contributed by atoms with Gasteiger partial charge in [0.2, 0.25) is 0 Å². The van der Waals surface area contributed by atoms with Crippen LogP contribution >= 0.6 is 0 Å². The molecule has 5 heteroatoms. The molecule has 0 heterocycles. The monoisotopic (exact) mass is 198 g/mol. The Labute approximate surface area is 80.3 Å².